The van der Waals surface area contributed by atoms with Crippen LogP contribution in [-0.2, 0) is 7.05 Å². The van der Waals surface area contributed by atoms with E-state index in [0.29, 0.717) is 43.5 Å². The van der Waals surface area contributed by atoms with E-state index < -0.39 is 5.91 Å². The molecule has 9 heteroatoms. The van der Waals surface area contributed by atoms with Crippen molar-refractivity contribution in [3.63, 3.8) is 0 Å². The molecular formula is C20H21N7O2. The van der Waals surface area contributed by atoms with Crippen LogP contribution in [0.4, 0.5) is 5.82 Å². The lowest BCUT2D eigenvalue weighted by molar-refractivity contribution is 0.0740. The summed E-state index contributed by atoms with van der Waals surface area (Å²) in [6.45, 7) is 2.06. The van der Waals surface area contributed by atoms with E-state index in [4.69, 9.17) is 5.73 Å². The normalized spacial score (nSPS) is 14.1. The van der Waals surface area contributed by atoms with E-state index in [-0.39, 0.29) is 11.5 Å². The van der Waals surface area contributed by atoms with Crippen LogP contribution >= 0.6 is 0 Å². The number of primary amides is 1. The van der Waals surface area contributed by atoms with Gasteiger partial charge in [0.05, 0.1) is 6.33 Å². The van der Waals surface area contributed by atoms with Crippen molar-refractivity contribution in [1.82, 2.24) is 24.4 Å². The molecule has 29 heavy (non-hydrogen) atoms. The van der Waals surface area contributed by atoms with Gasteiger partial charge in [0, 0.05) is 51.2 Å². The lowest BCUT2D eigenvalue weighted by Crippen LogP contribution is -2.49. The van der Waals surface area contributed by atoms with Gasteiger partial charge in [-0.2, -0.15) is 0 Å². The standard InChI is InChI=1S/C20H21N7O2/c1-25-12-16(23-13-25)20(29)27-9-7-26(8-10-27)19-15(17(21)28)11-22-18(24-19)14-5-3-2-4-6-14/h2-6,11-13H,7-10H2,1H3,(H2,21,28). The average Bonchev–Trinajstić information content (AvgIpc) is 3.20. The fourth-order valence-corrected chi connectivity index (χ4v) is 3.32. The molecule has 1 saturated heterocycles. The summed E-state index contributed by atoms with van der Waals surface area (Å²) in [6.07, 6.45) is 4.78. The molecule has 2 amide bonds. The van der Waals surface area contributed by atoms with Crippen LogP contribution in [0.2, 0.25) is 0 Å². The molecule has 0 unspecified atom stereocenters. The van der Waals surface area contributed by atoms with Crippen LogP contribution in [0.1, 0.15) is 20.8 Å². The molecule has 0 radical (unpaired) electrons. The minimum absolute atomic E-state index is 0.104. The predicted octanol–water partition coefficient (Wildman–Crippen LogP) is 0.938. The number of nitrogens with zero attached hydrogens (tertiary/aromatic N) is 6. The molecule has 148 valence electrons. The van der Waals surface area contributed by atoms with Crippen LogP contribution in [-0.4, -0.2) is 62.4 Å². The highest BCUT2D eigenvalue weighted by Gasteiger charge is 2.26. The summed E-state index contributed by atoms with van der Waals surface area (Å²) < 4.78 is 1.74. The number of benzene rings is 1. The molecule has 0 aliphatic carbocycles. The molecule has 9 nitrogen and oxygen atoms in total. The number of nitrogens with two attached hydrogens (primary N) is 1. The Bertz CT molecular complexity index is 1040. The average molecular weight is 391 g/mol. The summed E-state index contributed by atoms with van der Waals surface area (Å²) in [4.78, 5) is 41.3. The number of amides is 2. The Morgan fingerprint density at radius 1 is 1.03 bits per heavy atom. The highest BCUT2D eigenvalue weighted by Crippen LogP contribution is 2.23. The number of piperazine rings is 1. The van der Waals surface area contributed by atoms with Crippen molar-refractivity contribution in [2.24, 2.45) is 12.8 Å². The van der Waals surface area contributed by atoms with Crippen LogP contribution in [0.15, 0.2) is 49.1 Å². The van der Waals surface area contributed by atoms with Gasteiger partial charge in [0.25, 0.3) is 11.8 Å². The predicted molar refractivity (Wildman–Crippen MR) is 107 cm³/mol. The number of carbonyl (C=O) groups is 2. The molecule has 2 aromatic heterocycles. The number of aromatic nitrogens is 4. The summed E-state index contributed by atoms with van der Waals surface area (Å²) in [5.74, 6) is 0.341. The van der Waals surface area contributed by atoms with Gasteiger partial charge in [0.2, 0.25) is 0 Å². The van der Waals surface area contributed by atoms with Gasteiger partial charge in [0.15, 0.2) is 5.82 Å². The summed E-state index contributed by atoms with van der Waals surface area (Å²) in [6, 6.07) is 9.55. The first-order chi connectivity index (χ1) is 14.0. The highest BCUT2D eigenvalue weighted by molar-refractivity contribution is 5.98. The maximum absolute atomic E-state index is 12.6. The van der Waals surface area contributed by atoms with E-state index in [1.54, 1.807) is 22.0 Å². The van der Waals surface area contributed by atoms with E-state index >= 15 is 0 Å². The Balaban J connectivity index is 1.55. The SMILES string of the molecule is Cn1cnc(C(=O)N2CCN(c3nc(-c4ccccc4)ncc3C(N)=O)CC2)c1. The van der Waals surface area contributed by atoms with Crippen LogP contribution in [0.3, 0.4) is 0 Å². The largest absolute Gasteiger partial charge is 0.365 e. The molecular weight excluding hydrogens is 370 g/mol. The number of anilines is 1. The van der Waals surface area contributed by atoms with Gasteiger partial charge in [-0.25, -0.2) is 15.0 Å². The zero-order chi connectivity index (χ0) is 20.4. The van der Waals surface area contributed by atoms with Crippen molar-refractivity contribution in [1.29, 1.82) is 0 Å². The maximum atomic E-state index is 12.6. The van der Waals surface area contributed by atoms with E-state index in [1.165, 1.54) is 6.20 Å². The van der Waals surface area contributed by atoms with Gasteiger partial charge >= 0.3 is 0 Å². The van der Waals surface area contributed by atoms with Crippen molar-refractivity contribution in [3.05, 3.63) is 60.3 Å². The molecule has 0 atom stereocenters. The molecule has 3 heterocycles. The summed E-state index contributed by atoms with van der Waals surface area (Å²) in [7, 11) is 1.83. The second-order valence-corrected chi connectivity index (χ2v) is 6.86. The molecule has 0 bridgehead atoms. The number of imidazole rings is 1. The van der Waals surface area contributed by atoms with Crippen molar-refractivity contribution < 1.29 is 9.59 Å². The first kappa shape index (κ1) is 18.6. The second-order valence-electron chi connectivity index (χ2n) is 6.86. The van der Waals surface area contributed by atoms with Gasteiger partial charge in [-0.05, 0) is 0 Å². The van der Waals surface area contributed by atoms with Gasteiger partial charge in [-0.15, -0.1) is 0 Å². The lowest BCUT2D eigenvalue weighted by Gasteiger charge is -2.35. The highest BCUT2D eigenvalue weighted by atomic mass is 16.2. The molecule has 0 spiro atoms. The van der Waals surface area contributed by atoms with Crippen LogP contribution in [0, 0.1) is 0 Å². The number of hydrogen-bond donors (Lipinski definition) is 1. The topological polar surface area (TPSA) is 110 Å². The van der Waals surface area contributed by atoms with E-state index in [2.05, 4.69) is 15.0 Å². The molecule has 4 rings (SSSR count). The Morgan fingerprint density at radius 2 is 1.76 bits per heavy atom. The number of rotatable bonds is 4. The monoisotopic (exact) mass is 391 g/mol. The second kappa shape index (κ2) is 7.70. The fraction of sp³-hybridized carbons (Fsp3) is 0.250. The Morgan fingerprint density at radius 3 is 2.38 bits per heavy atom. The maximum Gasteiger partial charge on any atom is 0.274 e. The third kappa shape index (κ3) is 3.79. The number of hydrogen-bond acceptors (Lipinski definition) is 6. The Kier molecular flexibility index (Phi) is 4.94. The van der Waals surface area contributed by atoms with E-state index in [0.717, 1.165) is 5.56 Å². The van der Waals surface area contributed by atoms with Crippen LogP contribution < -0.4 is 10.6 Å². The van der Waals surface area contributed by atoms with Gasteiger partial charge in [-0.1, -0.05) is 30.3 Å². The van der Waals surface area contributed by atoms with Crippen LogP contribution in [0.25, 0.3) is 11.4 Å². The molecule has 0 saturated carbocycles. The van der Waals surface area contributed by atoms with E-state index in [1.807, 2.05) is 42.3 Å². The molecule has 1 aliphatic heterocycles. The zero-order valence-corrected chi connectivity index (χ0v) is 16.0. The number of aryl methyl sites for hydroxylation is 1. The third-order valence-electron chi connectivity index (χ3n) is 4.86. The van der Waals surface area contributed by atoms with Gasteiger partial charge in [-0.3, -0.25) is 9.59 Å². The lowest BCUT2D eigenvalue weighted by atomic mass is 10.2. The first-order valence-electron chi connectivity index (χ1n) is 9.27. The summed E-state index contributed by atoms with van der Waals surface area (Å²) in [5, 5.41) is 0. The van der Waals surface area contributed by atoms with Crippen molar-refractivity contribution in [2.45, 2.75) is 0 Å². The minimum Gasteiger partial charge on any atom is -0.365 e. The molecule has 3 aromatic rings. The van der Waals surface area contributed by atoms with Crippen molar-refractivity contribution >= 4 is 17.6 Å². The minimum atomic E-state index is -0.577. The smallest absolute Gasteiger partial charge is 0.274 e. The van der Waals surface area contributed by atoms with Crippen molar-refractivity contribution in [3.8, 4) is 11.4 Å². The fourth-order valence-electron chi connectivity index (χ4n) is 3.32. The number of carbonyl (C=O) groups excluding carboxylic acids is 2. The Labute approximate surface area is 167 Å². The first-order valence-corrected chi connectivity index (χ1v) is 9.27. The summed E-state index contributed by atoms with van der Waals surface area (Å²) in [5.41, 5.74) is 7.09. The van der Waals surface area contributed by atoms with Crippen LogP contribution in [0.5, 0.6) is 0 Å². The molecule has 1 aliphatic rings. The van der Waals surface area contributed by atoms with Crippen molar-refractivity contribution in [2.75, 3.05) is 31.1 Å². The molecule has 2 N–H and O–H groups in total. The molecule has 1 aromatic carbocycles. The molecule has 1 fully saturated rings. The van der Waals surface area contributed by atoms with Gasteiger partial charge < -0.3 is 20.1 Å². The van der Waals surface area contributed by atoms with Gasteiger partial charge in [0.1, 0.15) is 17.1 Å². The third-order valence-corrected chi connectivity index (χ3v) is 4.86. The van der Waals surface area contributed by atoms with E-state index in [9.17, 15) is 9.59 Å². The zero-order valence-electron chi connectivity index (χ0n) is 16.0. The Hall–Kier alpha value is -3.75. The quantitative estimate of drug-likeness (QED) is 0.709. The summed E-state index contributed by atoms with van der Waals surface area (Å²) >= 11 is 0.